The summed E-state index contributed by atoms with van der Waals surface area (Å²) < 4.78 is 11.3. The molecule has 0 aliphatic carbocycles. The predicted molar refractivity (Wildman–Crippen MR) is 124 cm³/mol. The second kappa shape index (κ2) is 12.1. The van der Waals surface area contributed by atoms with E-state index in [0.29, 0.717) is 29.2 Å². The highest BCUT2D eigenvalue weighted by atomic mass is 35.5. The molecular weight excluding hydrogens is 426 g/mol. The summed E-state index contributed by atoms with van der Waals surface area (Å²) in [7, 11) is 0. The Hall–Kier alpha value is -3.02. The zero-order valence-corrected chi connectivity index (χ0v) is 19.5. The maximum Gasteiger partial charge on any atom is 0.145 e. The molecule has 32 heavy (non-hydrogen) atoms. The SMILES string of the molecule is CC[C@@](C)(Oc1ccc(Cl)c(OCc2ccccc2)c1)C(=O)[O-].C[C@@H]([NH3+])c1ccccc1. The molecule has 6 heteroatoms. The minimum atomic E-state index is -1.40. The molecule has 0 spiro atoms. The quantitative estimate of drug-likeness (QED) is 0.551. The van der Waals surface area contributed by atoms with Crippen molar-refractivity contribution in [3.8, 4) is 11.5 Å². The van der Waals surface area contributed by atoms with Crippen molar-refractivity contribution in [3.63, 3.8) is 0 Å². The van der Waals surface area contributed by atoms with Crippen molar-refractivity contribution in [2.24, 2.45) is 0 Å². The number of carboxylic acid groups (broad SMARTS) is 1. The van der Waals surface area contributed by atoms with Crippen LogP contribution in [0.5, 0.6) is 11.5 Å². The lowest BCUT2D eigenvalue weighted by molar-refractivity contribution is -0.420. The lowest BCUT2D eigenvalue weighted by Gasteiger charge is -2.30. The van der Waals surface area contributed by atoms with Crippen LogP contribution >= 0.6 is 11.6 Å². The summed E-state index contributed by atoms with van der Waals surface area (Å²) in [5.74, 6) is -0.461. The molecule has 2 atom stereocenters. The van der Waals surface area contributed by atoms with E-state index in [0.717, 1.165) is 5.56 Å². The predicted octanol–water partition coefficient (Wildman–Crippen LogP) is 4.21. The van der Waals surface area contributed by atoms with Crippen LogP contribution in [0.4, 0.5) is 0 Å². The molecule has 3 rings (SSSR count). The first-order valence-corrected chi connectivity index (χ1v) is 10.9. The van der Waals surface area contributed by atoms with Crippen LogP contribution in [0.2, 0.25) is 5.02 Å². The van der Waals surface area contributed by atoms with Gasteiger partial charge in [-0.15, -0.1) is 0 Å². The van der Waals surface area contributed by atoms with E-state index in [2.05, 4.69) is 24.8 Å². The highest BCUT2D eigenvalue weighted by molar-refractivity contribution is 6.32. The maximum absolute atomic E-state index is 11.2. The van der Waals surface area contributed by atoms with Gasteiger partial charge in [0.1, 0.15) is 29.7 Å². The first kappa shape index (κ1) is 25.2. The molecule has 170 valence electrons. The van der Waals surface area contributed by atoms with Crippen molar-refractivity contribution in [2.45, 2.75) is 45.4 Å². The second-order valence-corrected chi connectivity index (χ2v) is 8.06. The van der Waals surface area contributed by atoms with E-state index in [-0.39, 0.29) is 6.42 Å². The van der Waals surface area contributed by atoms with Crippen molar-refractivity contribution < 1.29 is 25.1 Å². The molecule has 3 aromatic rings. The highest BCUT2D eigenvalue weighted by Gasteiger charge is 2.26. The minimum Gasteiger partial charge on any atom is -0.546 e. The van der Waals surface area contributed by atoms with E-state index in [1.54, 1.807) is 25.1 Å². The summed E-state index contributed by atoms with van der Waals surface area (Å²) in [6.07, 6.45) is 0.276. The van der Waals surface area contributed by atoms with Crippen LogP contribution in [0.3, 0.4) is 0 Å². The van der Waals surface area contributed by atoms with E-state index in [1.165, 1.54) is 12.5 Å². The van der Waals surface area contributed by atoms with Crippen LogP contribution in [0.1, 0.15) is 44.4 Å². The monoisotopic (exact) mass is 455 g/mol. The smallest absolute Gasteiger partial charge is 0.145 e. The molecule has 3 aromatic carbocycles. The Morgan fingerprint density at radius 1 is 1.06 bits per heavy atom. The molecule has 0 fully saturated rings. The third-order valence-electron chi connectivity index (χ3n) is 4.96. The Morgan fingerprint density at radius 2 is 1.66 bits per heavy atom. The number of carbonyl (C=O) groups is 1. The van der Waals surface area contributed by atoms with Gasteiger partial charge >= 0.3 is 0 Å². The summed E-state index contributed by atoms with van der Waals surface area (Å²) in [5, 5.41) is 11.7. The molecule has 3 N–H and O–H groups in total. The van der Waals surface area contributed by atoms with Gasteiger partial charge in [0.05, 0.1) is 11.0 Å². The Bertz CT molecular complexity index is 980. The number of halogens is 1. The fourth-order valence-corrected chi connectivity index (χ4v) is 2.87. The van der Waals surface area contributed by atoms with Crippen LogP contribution in [-0.4, -0.2) is 11.6 Å². The zero-order valence-electron chi connectivity index (χ0n) is 18.7. The van der Waals surface area contributed by atoms with Crippen LogP contribution < -0.4 is 20.3 Å². The van der Waals surface area contributed by atoms with Crippen molar-refractivity contribution in [3.05, 3.63) is 95.0 Å². The average molecular weight is 456 g/mol. The molecule has 0 unspecified atom stereocenters. The molecule has 0 bridgehead atoms. The highest BCUT2D eigenvalue weighted by Crippen LogP contribution is 2.32. The Labute approximate surface area is 194 Å². The van der Waals surface area contributed by atoms with Crippen LogP contribution in [0, 0.1) is 0 Å². The number of benzene rings is 3. The zero-order chi connectivity index (χ0) is 23.6. The molecule has 5 nitrogen and oxygen atoms in total. The number of hydrogen-bond acceptors (Lipinski definition) is 4. The summed E-state index contributed by atoms with van der Waals surface area (Å²) in [6, 6.07) is 25.2. The van der Waals surface area contributed by atoms with E-state index in [9.17, 15) is 9.90 Å². The second-order valence-electron chi connectivity index (χ2n) is 7.65. The molecule has 0 amide bonds. The summed E-state index contributed by atoms with van der Waals surface area (Å²) in [4.78, 5) is 11.2. The van der Waals surface area contributed by atoms with Gasteiger partial charge in [0.2, 0.25) is 0 Å². The third kappa shape index (κ3) is 7.59. The van der Waals surface area contributed by atoms with Gasteiger partial charge in [0, 0.05) is 11.6 Å². The van der Waals surface area contributed by atoms with Crippen LogP contribution in [0.15, 0.2) is 78.9 Å². The van der Waals surface area contributed by atoms with E-state index in [4.69, 9.17) is 21.1 Å². The number of carboxylic acids is 1. The number of rotatable bonds is 8. The number of hydrogen-bond donors (Lipinski definition) is 1. The van der Waals surface area contributed by atoms with Gasteiger partial charge in [-0.3, -0.25) is 0 Å². The lowest BCUT2D eigenvalue weighted by Crippen LogP contribution is -2.51. The molecule has 0 saturated heterocycles. The molecule has 0 aromatic heterocycles. The van der Waals surface area contributed by atoms with E-state index in [1.807, 2.05) is 48.5 Å². The van der Waals surface area contributed by atoms with Gasteiger partial charge in [-0.2, -0.15) is 0 Å². The first-order valence-electron chi connectivity index (χ1n) is 10.5. The summed E-state index contributed by atoms with van der Waals surface area (Å²) in [5.41, 5.74) is 4.82. The van der Waals surface area contributed by atoms with Crippen molar-refractivity contribution in [1.29, 1.82) is 0 Å². The topological polar surface area (TPSA) is 86.2 Å². The van der Waals surface area contributed by atoms with Crippen molar-refractivity contribution in [1.82, 2.24) is 0 Å². The van der Waals surface area contributed by atoms with Crippen molar-refractivity contribution >= 4 is 17.6 Å². The number of aliphatic carboxylic acids is 1. The minimum absolute atomic E-state index is 0.276. The van der Waals surface area contributed by atoms with Crippen LogP contribution in [0.25, 0.3) is 0 Å². The lowest BCUT2D eigenvalue weighted by atomic mass is 10.0. The van der Waals surface area contributed by atoms with Gasteiger partial charge in [-0.1, -0.05) is 79.2 Å². The number of quaternary nitrogens is 1. The fraction of sp³-hybridized carbons (Fsp3) is 0.269. The number of ether oxygens (including phenoxy) is 2. The molecule has 0 saturated carbocycles. The maximum atomic E-state index is 11.2. The Balaban J connectivity index is 0.000000336. The Morgan fingerprint density at radius 3 is 2.16 bits per heavy atom. The Kier molecular flexibility index (Phi) is 9.57. The molecule has 0 aliphatic rings. The largest absolute Gasteiger partial charge is 0.546 e. The molecule has 0 aliphatic heterocycles. The van der Waals surface area contributed by atoms with Gasteiger partial charge < -0.3 is 25.1 Å². The van der Waals surface area contributed by atoms with Crippen LogP contribution in [-0.2, 0) is 11.4 Å². The van der Waals surface area contributed by atoms with Crippen molar-refractivity contribution in [2.75, 3.05) is 0 Å². The summed E-state index contributed by atoms with van der Waals surface area (Å²) >= 11 is 6.12. The normalized spacial score (nSPS) is 13.2. The fourth-order valence-electron chi connectivity index (χ4n) is 2.69. The summed E-state index contributed by atoms with van der Waals surface area (Å²) in [6.45, 7) is 5.64. The third-order valence-corrected chi connectivity index (χ3v) is 5.27. The standard InChI is InChI=1S/C18H19ClO4.C8H11N/c1-3-18(2,17(20)21)23-14-9-10-15(19)16(11-14)22-12-13-7-5-4-6-8-13;1-7(9)8-5-3-2-4-6-8/h4-11H,3,12H2,1-2H3,(H,20,21);2-7H,9H2,1H3/t18-;7-/m11/s1. The van der Waals surface area contributed by atoms with Gasteiger partial charge in [0.15, 0.2) is 0 Å². The molecule has 0 radical (unpaired) electrons. The van der Waals surface area contributed by atoms with Gasteiger partial charge in [0.25, 0.3) is 0 Å². The first-order chi connectivity index (χ1) is 15.2. The van der Waals surface area contributed by atoms with E-state index >= 15 is 0 Å². The van der Waals surface area contributed by atoms with Gasteiger partial charge in [-0.25, -0.2) is 0 Å². The average Bonchev–Trinajstić information content (AvgIpc) is 2.81. The molecule has 0 heterocycles. The van der Waals surface area contributed by atoms with Gasteiger partial charge in [-0.05, 0) is 38.0 Å². The number of carbonyl (C=O) groups excluding carboxylic acids is 1. The molecular formula is C26H30ClNO4. The van der Waals surface area contributed by atoms with E-state index < -0.39 is 11.6 Å².